The second kappa shape index (κ2) is 8.39. The third kappa shape index (κ3) is 3.98. The summed E-state index contributed by atoms with van der Waals surface area (Å²) in [5.41, 5.74) is 2.43. The summed E-state index contributed by atoms with van der Waals surface area (Å²) in [5, 5.41) is 11.6. The van der Waals surface area contributed by atoms with Gasteiger partial charge in [-0.3, -0.25) is 24.6 Å². The molecule has 8 heteroatoms. The molecule has 4 rings (SSSR count). The highest BCUT2D eigenvalue weighted by atomic mass is 32.2. The molecule has 1 aliphatic rings. The minimum atomic E-state index is -0.496. The minimum absolute atomic E-state index is 0.00167. The zero-order valence-corrected chi connectivity index (χ0v) is 18.0. The molecule has 0 spiro atoms. The van der Waals surface area contributed by atoms with E-state index in [-0.39, 0.29) is 23.4 Å². The zero-order valence-electron chi connectivity index (χ0n) is 17.1. The first kappa shape index (κ1) is 20.9. The standard InChI is InChI=1S/C23H21N3O4S/c1-3-15(2)24-14-17(19-9-4-5-10-20(19)24)12-21-22(27)25(23(28)31-21)13-16-7-6-8-18(11-16)26(29)30/h4-12,14-15H,3,13H2,1-2H3/b21-12-/t15-/m1/s1. The first-order valence-electron chi connectivity index (χ1n) is 9.97. The van der Waals surface area contributed by atoms with E-state index in [1.165, 1.54) is 12.1 Å². The largest absolute Gasteiger partial charge is 0.344 e. The van der Waals surface area contributed by atoms with Gasteiger partial charge in [0.05, 0.1) is 16.4 Å². The molecule has 2 aromatic carbocycles. The number of rotatable bonds is 6. The number of nitrogens with zero attached hydrogens (tertiary/aromatic N) is 3. The fourth-order valence-electron chi connectivity index (χ4n) is 3.64. The second-order valence-corrected chi connectivity index (χ2v) is 8.45. The van der Waals surface area contributed by atoms with Gasteiger partial charge in [-0.2, -0.15) is 0 Å². The van der Waals surface area contributed by atoms with Crippen LogP contribution in [0, 0.1) is 10.1 Å². The Balaban J connectivity index is 1.65. The fourth-order valence-corrected chi connectivity index (χ4v) is 4.47. The summed E-state index contributed by atoms with van der Waals surface area (Å²) in [6.07, 6.45) is 4.75. The van der Waals surface area contributed by atoms with Crippen LogP contribution in [-0.2, 0) is 11.3 Å². The Kier molecular flexibility index (Phi) is 5.65. The highest BCUT2D eigenvalue weighted by Crippen LogP contribution is 2.36. The summed E-state index contributed by atoms with van der Waals surface area (Å²) < 4.78 is 2.19. The number of imide groups is 1. The van der Waals surface area contributed by atoms with Crippen molar-refractivity contribution in [2.24, 2.45) is 0 Å². The van der Waals surface area contributed by atoms with Crippen LogP contribution in [0.5, 0.6) is 0 Å². The number of fused-ring (bicyclic) bond motifs is 1. The van der Waals surface area contributed by atoms with Gasteiger partial charge >= 0.3 is 0 Å². The number of aromatic nitrogens is 1. The average molecular weight is 436 g/mol. The van der Waals surface area contributed by atoms with Crippen molar-refractivity contribution in [3.63, 3.8) is 0 Å². The molecule has 1 saturated heterocycles. The Bertz CT molecular complexity index is 1230. The summed E-state index contributed by atoms with van der Waals surface area (Å²) in [4.78, 5) is 37.4. The molecule has 1 aromatic heterocycles. The van der Waals surface area contributed by atoms with Crippen molar-refractivity contribution in [2.75, 3.05) is 0 Å². The monoisotopic (exact) mass is 435 g/mol. The maximum atomic E-state index is 13.0. The summed E-state index contributed by atoms with van der Waals surface area (Å²) >= 11 is 0.894. The molecular weight excluding hydrogens is 414 g/mol. The number of carbonyl (C=O) groups is 2. The van der Waals surface area contributed by atoms with Crippen LogP contribution in [-0.4, -0.2) is 25.5 Å². The first-order valence-corrected chi connectivity index (χ1v) is 10.8. The topological polar surface area (TPSA) is 85.4 Å². The molecule has 31 heavy (non-hydrogen) atoms. The van der Waals surface area contributed by atoms with Crippen LogP contribution in [0.3, 0.4) is 0 Å². The normalized spacial score (nSPS) is 16.5. The number of non-ortho nitro benzene ring substituents is 1. The van der Waals surface area contributed by atoms with E-state index in [1.807, 2.05) is 30.5 Å². The van der Waals surface area contributed by atoms with Crippen LogP contribution in [0.1, 0.15) is 37.4 Å². The first-order chi connectivity index (χ1) is 14.9. The molecule has 0 radical (unpaired) electrons. The predicted octanol–water partition coefficient (Wildman–Crippen LogP) is 5.76. The molecule has 0 saturated carbocycles. The Hall–Kier alpha value is -3.39. The summed E-state index contributed by atoms with van der Waals surface area (Å²) in [7, 11) is 0. The van der Waals surface area contributed by atoms with E-state index in [0.717, 1.165) is 39.5 Å². The van der Waals surface area contributed by atoms with E-state index in [1.54, 1.807) is 18.2 Å². The summed E-state index contributed by atoms with van der Waals surface area (Å²) in [6, 6.07) is 14.3. The van der Waals surface area contributed by atoms with Crippen molar-refractivity contribution in [1.82, 2.24) is 9.47 Å². The van der Waals surface area contributed by atoms with Crippen molar-refractivity contribution >= 4 is 45.6 Å². The Morgan fingerprint density at radius 3 is 2.68 bits per heavy atom. The van der Waals surface area contributed by atoms with Crippen molar-refractivity contribution in [2.45, 2.75) is 32.9 Å². The number of nitro benzene ring substituents is 1. The van der Waals surface area contributed by atoms with Gasteiger partial charge in [0.1, 0.15) is 0 Å². The highest BCUT2D eigenvalue weighted by molar-refractivity contribution is 8.18. The summed E-state index contributed by atoms with van der Waals surface area (Å²) in [5.74, 6) is -0.387. The highest BCUT2D eigenvalue weighted by Gasteiger charge is 2.35. The van der Waals surface area contributed by atoms with Crippen LogP contribution in [0.2, 0.25) is 0 Å². The van der Waals surface area contributed by atoms with Gasteiger partial charge < -0.3 is 4.57 Å². The van der Waals surface area contributed by atoms with Crippen LogP contribution in [0.15, 0.2) is 59.6 Å². The SMILES string of the molecule is CC[C@@H](C)n1cc(/C=C2\SC(=O)N(Cc3cccc([N+](=O)[O-])c3)C2=O)c2ccccc21. The Labute approximate surface area is 183 Å². The van der Waals surface area contributed by atoms with Gasteiger partial charge in [0.15, 0.2) is 0 Å². The fraction of sp³-hybridized carbons (Fsp3) is 0.217. The predicted molar refractivity (Wildman–Crippen MR) is 122 cm³/mol. The van der Waals surface area contributed by atoms with E-state index in [2.05, 4.69) is 18.4 Å². The lowest BCUT2D eigenvalue weighted by molar-refractivity contribution is -0.384. The molecule has 1 atom stereocenters. The number of hydrogen-bond donors (Lipinski definition) is 0. The average Bonchev–Trinajstić information content (AvgIpc) is 3.26. The van der Waals surface area contributed by atoms with Gasteiger partial charge in [-0.05, 0) is 42.8 Å². The van der Waals surface area contributed by atoms with E-state index in [9.17, 15) is 19.7 Å². The second-order valence-electron chi connectivity index (χ2n) is 7.46. The number of thioether (sulfide) groups is 1. The van der Waals surface area contributed by atoms with Crippen molar-refractivity contribution in [1.29, 1.82) is 0 Å². The van der Waals surface area contributed by atoms with E-state index in [4.69, 9.17) is 0 Å². The zero-order chi connectivity index (χ0) is 22.1. The lowest BCUT2D eigenvalue weighted by atomic mass is 10.1. The van der Waals surface area contributed by atoms with Crippen molar-refractivity contribution in [3.8, 4) is 0 Å². The molecule has 2 heterocycles. The number of para-hydroxylation sites is 1. The quantitative estimate of drug-likeness (QED) is 0.279. The molecular formula is C23H21N3O4S. The third-order valence-corrected chi connectivity index (χ3v) is 6.37. The van der Waals surface area contributed by atoms with Crippen LogP contribution >= 0.6 is 11.8 Å². The molecule has 2 amide bonds. The van der Waals surface area contributed by atoms with Gasteiger partial charge in [0.25, 0.3) is 16.8 Å². The van der Waals surface area contributed by atoms with Gasteiger partial charge in [0.2, 0.25) is 0 Å². The van der Waals surface area contributed by atoms with Crippen LogP contribution in [0.4, 0.5) is 10.5 Å². The number of carbonyl (C=O) groups excluding carboxylic acids is 2. The van der Waals surface area contributed by atoms with Crippen LogP contribution in [0.25, 0.3) is 17.0 Å². The number of benzene rings is 2. The molecule has 7 nitrogen and oxygen atoms in total. The van der Waals surface area contributed by atoms with Crippen molar-refractivity contribution in [3.05, 3.63) is 80.9 Å². The molecule has 1 aliphatic heterocycles. The van der Waals surface area contributed by atoms with Gasteiger partial charge in [-0.15, -0.1) is 0 Å². The van der Waals surface area contributed by atoms with E-state index < -0.39 is 4.92 Å². The number of hydrogen-bond acceptors (Lipinski definition) is 5. The van der Waals surface area contributed by atoms with Gasteiger partial charge in [-0.1, -0.05) is 37.3 Å². The third-order valence-electron chi connectivity index (χ3n) is 5.46. The van der Waals surface area contributed by atoms with E-state index in [0.29, 0.717) is 16.5 Å². The molecule has 0 N–H and O–H groups in total. The number of nitro groups is 1. The molecule has 0 aliphatic carbocycles. The summed E-state index contributed by atoms with van der Waals surface area (Å²) in [6.45, 7) is 4.26. The molecule has 1 fully saturated rings. The molecule has 0 unspecified atom stereocenters. The maximum absolute atomic E-state index is 13.0. The lowest BCUT2D eigenvalue weighted by Gasteiger charge is -2.12. The van der Waals surface area contributed by atoms with Crippen LogP contribution < -0.4 is 0 Å². The molecule has 158 valence electrons. The smallest absolute Gasteiger partial charge is 0.293 e. The van der Waals surface area contributed by atoms with Gasteiger partial charge in [0, 0.05) is 40.8 Å². The van der Waals surface area contributed by atoms with E-state index >= 15 is 0 Å². The molecule has 3 aromatic rings. The van der Waals surface area contributed by atoms with Gasteiger partial charge in [-0.25, -0.2) is 0 Å². The Morgan fingerprint density at radius 1 is 1.16 bits per heavy atom. The minimum Gasteiger partial charge on any atom is -0.344 e. The van der Waals surface area contributed by atoms with Crippen molar-refractivity contribution < 1.29 is 14.5 Å². The lowest BCUT2D eigenvalue weighted by Crippen LogP contribution is -2.27. The molecule has 0 bridgehead atoms. The maximum Gasteiger partial charge on any atom is 0.293 e. The Morgan fingerprint density at radius 2 is 1.94 bits per heavy atom. The number of amides is 2.